The fourth-order valence-corrected chi connectivity index (χ4v) is 5.07. The average Bonchev–Trinajstić information content (AvgIpc) is 2.89. The van der Waals surface area contributed by atoms with Crippen molar-refractivity contribution in [2.24, 2.45) is 5.92 Å². The predicted molar refractivity (Wildman–Crippen MR) is 109 cm³/mol. The van der Waals surface area contributed by atoms with Gasteiger partial charge in [-0.05, 0) is 66.5 Å². The first-order chi connectivity index (χ1) is 12.6. The first-order valence-electron chi connectivity index (χ1n) is 9.22. The number of hydrogen-bond acceptors (Lipinski definition) is 3. The number of halogens is 1. The standard InChI is InChI=1S/C22H25ClO2S/c1-3-15-7-9-17-10-12-20(23)21(19(17)11-8-15)26-14-16-5-4-6-18(13-16)22(24)25-2/h4-6,10,12-13,15H,3,7-9,11,14H2,1-2H3. The Morgan fingerprint density at radius 1 is 1.23 bits per heavy atom. The number of rotatable bonds is 5. The highest BCUT2D eigenvalue weighted by Crippen LogP contribution is 2.38. The normalized spacial score (nSPS) is 16.7. The molecule has 0 aromatic heterocycles. The van der Waals surface area contributed by atoms with E-state index in [9.17, 15) is 4.79 Å². The topological polar surface area (TPSA) is 26.3 Å². The second-order valence-corrected chi connectivity index (χ2v) is 8.24. The van der Waals surface area contributed by atoms with Crippen LogP contribution in [0.3, 0.4) is 0 Å². The summed E-state index contributed by atoms with van der Waals surface area (Å²) in [6.45, 7) is 2.29. The highest BCUT2D eigenvalue weighted by molar-refractivity contribution is 7.98. The van der Waals surface area contributed by atoms with E-state index in [-0.39, 0.29) is 5.97 Å². The number of hydrogen-bond donors (Lipinski definition) is 0. The lowest BCUT2D eigenvalue weighted by Gasteiger charge is -2.14. The third kappa shape index (κ3) is 4.44. The lowest BCUT2D eigenvalue weighted by molar-refractivity contribution is 0.0600. The van der Waals surface area contributed by atoms with Crippen LogP contribution in [0.25, 0.3) is 0 Å². The van der Waals surface area contributed by atoms with Crippen molar-refractivity contribution in [2.75, 3.05) is 7.11 Å². The fourth-order valence-electron chi connectivity index (χ4n) is 3.63. The molecule has 0 heterocycles. The minimum Gasteiger partial charge on any atom is -0.465 e. The number of carbonyl (C=O) groups is 1. The fraction of sp³-hybridized carbons (Fsp3) is 0.409. The first kappa shape index (κ1) is 19.3. The summed E-state index contributed by atoms with van der Waals surface area (Å²) in [5.74, 6) is 1.31. The van der Waals surface area contributed by atoms with Crippen LogP contribution in [-0.4, -0.2) is 13.1 Å². The highest BCUT2D eigenvalue weighted by Gasteiger charge is 2.19. The van der Waals surface area contributed by atoms with E-state index in [1.165, 1.54) is 42.4 Å². The van der Waals surface area contributed by atoms with Crippen LogP contribution in [0.15, 0.2) is 41.3 Å². The zero-order valence-electron chi connectivity index (χ0n) is 15.4. The molecule has 3 rings (SSSR count). The maximum Gasteiger partial charge on any atom is 0.337 e. The van der Waals surface area contributed by atoms with E-state index in [1.807, 2.05) is 24.3 Å². The van der Waals surface area contributed by atoms with Crippen molar-refractivity contribution in [2.45, 2.75) is 49.7 Å². The smallest absolute Gasteiger partial charge is 0.337 e. The van der Waals surface area contributed by atoms with Gasteiger partial charge in [0.15, 0.2) is 0 Å². The van der Waals surface area contributed by atoms with E-state index in [0.29, 0.717) is 5.56 Å². The van der Waals surface area contributed by atoms with Crippen LogP contribution in [-0.2, 0) is 23.3 Å². The van der Waals surface area contributed by atoms with Crippen LogP contribution < -0.4 is 0 Å². The molecule has 1 atom stereocenters. The number of thioether (sulfide) groups is 1. The van der Waals surface area contributed by atoms with Crippen molar-refractivity contribution in [1.29, 1.82) is 0 Å². The van der Waals surface area contributed by atoms with Crippen molar-refractivity contribution in [3.63, 3.8) is 0 Å². The molecular formula is C22H25ClO2S. The second-order valence-electron chi connectivity index (χ2n) is 6.85. The van der Waals surface area contributed by atoms with Crippen molar-refractivity contribution in [1.82, 2.24) is 0 Å². The molecule has 1 unspecified atom stereocenters. The first-order valence-corrected chi connectivity index (χ1v) is 10.6. The summed E-state index contributed by atoms with van der Waals surface area (Å²) in [4.78, 5) is 12.9. The SMILES string of the molecule is CCC1CCc2ccc(Cl)c(SCc3cccc(C(=O)OC)c3)c2CC1. The van der Waals surface area contributed by atoms with Gasteiger partial charge in [0.25, 0.3) is 0 Å². The summed E-state index contributed by atoms with van der Waals surface area (Å²) in [6.07, 6.45) is 6.03. The Bertz CT molecular complexity index is 788. The van der Waals surface area contributed by atoms with E-state index >= 15 is 0 Å². The highest BCUT2D eigenvalue weighted by atomic mass is 35.5. The Balaban J connectivity index is 1.80. The molecule has 26 heavy (non-hydrogen) atoms. The molecule has 2 aromatic rings. The third-order valence-corrected chi connectivity index (χ3v) is 6.90. The zero-order chi connectivity index (χ0) is 18.5. The number of fused-ring (bicyclic) bond motifs is 1. The molecule has 2 aromatic carbocycles. The number of methoxy groups -OCH3 is 1. The molecule has 0 fully saturated rings. The molecular weight excluding hydrogens is 364 g/mol. The molecule has 0 radical (unpaired) electrons. The number of carbonyl (C=O) groups excluding carboxylic acids is 1. The van der Waals surface area contributed by atoms with Gasteiger partial charge >= 0.3 is 5.97 Å². The molecule has 0 spiro atoms. The Kier molecular flexibility index (Phi) is 6.66. The predicted octanol–water partition coefficient (Wildman–Crippen LogP) is 6.32. The molecule has 0 amide bonds. The number of esters is 1. The minimum absolute atomic E-state index is 0.297. The monoisotopic (exact) mass is 388 g/mol. The molecule has 0 saturated heterocycles. The molecule has 138 valence electrons. The van der Waals surface area contributed by atoms with Gasteiger partial charge in [-0.15, -0.1) is 11.8 Å². The lowest BCUT2D eigenvalue weighted by atomic mass is 9.97. The van der Waals surface area contributed by atoms with Gasteiger partial charge in [0, 0.05) is 10.6 Å². The van der Waals surface area contributed by atoms with E-state index in [0.717, 1.165) is 35.1 Å². The molecule has 4 heteroatoms. The molecule has 2 nitrogen and oxygen atoms in total. The van der Waals surface area contributed by atoms with Crippen LogP contribution in [0.4, 0.5) is 0 Å². The molecule has 0 aliphatic heterocycles. The zero-order valence-corrected chi connectivity index (χ0v) is 17.0. The van der Waals surface area contributed by atoms with Crippen LogP contribution in [0, 0.1) is 5.92 Å². The molecule has 0 bridgehead atoms. The maximum atomic E-state index is 11.7. The van der Waals surface area contributed by atoms with Crippen LogP contribution in [0.1, 0.15) is 53.2 Å². The Labute approximate surface area is 165 Å². The van der Waals surface area contributed by atoms with Gasteiger partial charge in [0.1, 0.15) is 0 Å². The summed E-state index contributed by atoms with van der Waals surface area (Å²) in [5.41, 5.74) is 4.58. The number of aryl methyl sites for hydroxylation is 1. The minimum atomic E-state index is -0.297. The summed E-state index contributed by atoms with van der Waals surface area (Å²) in [7, 11) is 1.41. The summed E-state index contributed by atoms with van der Waals surface area (Å²) in [5, 5.41) is 0.841. The molecule has 0 N–H and O–H groups in total. The molecule has 0 saturated carbocycles. The quantitative estimate of drug-likeness (QED) is 0.340. The van der Waals surface area contributed by atoms with E-state index in [1.54, 1.807) is 17.8 Å². The largest absolute Gasteiger partial charge is 0.465 e. The number of ether oxygens (including phenoxy) is 1. The summed E-state index contributed by atoms with van der Waals surface area (Å²) < 4.78 is 4.82. The molecule has 1 aliphatic rings. The van der Waals surface area contributed by atoms with Gasteiger partial charge < -0.3 is 4.74 Å². The van der Waals surface area contributed by atoms with Crippen molar-refractivity contribution in [3.8, 4) is 0 Å². The Morgan fingerprint density at radius 3 is 2.81 bits per heavy atom. The van der Waals surface area contributed by atoms with Gasteiger partial charge in [0.05, 0.1) is 17.7 Å². The maximum absolute atomic E-state index is 11.7. The summed E-state index contributed by atoms with van der Waals surface area (Å²) in [6, 6.07) is 11.9. The third-order valence-electron chi connectivity index (χ3n) is 5.24. The van der Waals surface area contributed by atoms with Crippen LogP contribution in [0.2, 0.25) is 5.02 Å². The van der Waals surface area contributed by atoms with E-state index < -0.39 is 0 Å². The van der Waals surface area contributed by atoms with Gasteiger partial charge in [-0.1, -0.05) is 43.1 Å². The van der Waals surface area contributed by atoms with Gasteiger partial charge in [-0.2, -0.15) is 0 Å². The van der Waals surface area contributed by atoms with Gasteiger partial charge in [-0.3, -0.25) is 0 Å². The van der Waals surface area contributed by atoms with Crippen molar-refractivity contribution < 1.29 is 9.53 Å². The van der Waals surface area contributed by atoms with Gasteiger partial charge in [0.2, 0.25) is 0 Å². The van der Waals surface area contributed by atoms with Crippen molar-refractivity contribution >= 4 is 29.3 Å². The average molecular weight is 389 g/mol. The van der Waals surface area contributed by atoms with E-state index in [4.69, 9.17) is 16.3 Å². The Hall–Kier alpha value is -1.45. The lowest BCUT2D eigenvalue weighted by Crippen LogP contribution is -2.01. The second kappa shape index (κ2) is 8.96. The molecule has 1 aliphatic carbocycles. The summed E-state index contributed by atoms with van der Waals surface area (Å²) >= 11 is 8.34. The van der Waals surface area contributed by atoms with Crippen LogP contribution in [0.5, 0.6) is 0 Å². The van der Waals surface area contributed by atoms with E-state index in [2.05, 4.69) is 13.0 Å². The van der Waals surface area contributed by atoms with Crippen LogP contribution >= 0.6 is 23.4 Å². The Morgan fingerprint density at radius 2 is 2.04 bits per heavy atom. The number of benzene rings is 2. The van der Waals surface area contributed by atoms with Crippen molar-refractivity contribution in [3.05, 3.63) is 63.7 Å². The van der Waals surface area contributed by atoms with Gasteiger partial charge in [-0.25, -0.2) is 4.79 Å².